The summed E-state index contributed by atoms with van der Waals surface area (Å²) in [4.78, 5) is 7.25. The molecule has 3 nitrogen and oxygen atoms in total. The summed E-state index contributed by atoms with van der Waals surface area (Å²) < 4.78 is 15.9. The van der Waals surface area contributed by atoms with Gasteiger partial charge in [0, 0.05) is 12.3 Å². The first-order valence-corrected chi connectivity index (χ1v) is 6.41. The summed E-state index contributed by atoms with van der Waals surface area (Å²) >= 11 is 11.0. The van der Waals surface area contributed by atoms with Crippen molar-refractivity contribution in [1.29, 1.82) is 0 Å². The standard InChI is InChI=1S/C13H9ClFN3S/c14-9-5-11-12(6-10(9)15)18(13(19)17-11)7-8-3-1-2-4-16-8/h1-6H,7H2,(H,17,19). The van der Waals surface area contributed by atoms with Crippen LogP contribution in [0.15, 0.2) is 36.5 Å². The second-order valence-electron chi connectivity index (χ2n) is 4.12. The average molecular weight is 294 g/mol. The topological polar surface area (TPSA) is 33.6 Å². The van der Waals surface area contributed by atoms with E-state index in [1.54, 1.807) is 10.8 Å². The Bertz CT molecular complexity index is 795. The number of nitrogens with zero attached hydrogens (tertiary/aromatic N) is 2. The minimum absolute atomic E-state index is 0.0775. The Morgan fingerprint density at radius 1 is 1.37 bits per heavy atom. The molecule has 0 aliphatic rings. The van der Waals surface area contributed by atoms with Crippen LogP contribution in [0.4, 0.5) is 4.39 Å². The quantitative estimate of drug-likeness (QED) is 0.726. The van der Waals surface area contributed by atoms with E-state index in [4.69, 9.17) is 23.8 Å². The van der Waals surface area contributed by atoms with Crippen LogP contribution in [-0.4, -0.2) is 14.5 Å². The van der Waals surface area contributed by atoms with E-state index in [-0.39, 0.29) is 5.02 Å². The number of benzene rings is 1. The number of nitrogens with one attached hydrogen (secondary N) is 1. The van der Waals surface area contributed by atoms with Crippen LogP contribution in [0.1, 0.15) is 5.69 Å². The molecular formula is C13H9ClFN3S. The summed E-state index contributed by atoms with van der Waals surface area (Å²) in [5.74, 6) is -0.460. The lowest BCUT2D eigenvalue weighted by Crippen LogP contribution is -2.01. The smallest absolute Gasteiger partial charge is 0.178 e. The highest BCUT2D eigenvalue weighted by Gasteiger charge is 2.09. The normalized spacial score (nSPS) is 11.1. The first kappa shape index (κ1) is 12.3. The fourth-order valence-corrected chi connectivity index (χ4v) is 2.40. The summed E-state index contributed by atoms with van der Waals surface area (Å²) in [7, 11) is 0. The van der Waals surface area contributed by atoms with Crippen molar-refractivity contribution in [3.63, 3.8) is 0 Å². The Morgan fingerprint density at radius 2 is 2.21 bits per heavy atom. The van der Waals surface area contributed by atoms with Crippen LogP contribution in [0.5, 0.6) is 0 Å². The van der Waals surface area contributed by atoms with Gasteiger partial charge in [0.05, 0.1) is 28.3 Å². The number of aromatic nitrogens is 3. The fourth-order valence-electron chi connectivity index (χ4n) is 1.96. The van der Waals surface area contributed by atoms with E-state index in [9.17, 15) is 4.39 Å². The van der Waals surface area contributed by atoms with Gasteiger partial charge in [-0.25, -0.2) is 4.39 Å². The molecule has 0 saturated heterocycles. The number of H-pyrrole nitrogens is 1. The Kier molecular flexibility index (Phi) is 3.08. The molecule has 6 heteroatoms. The monoisotopic (exact) mass is 293 g/mol. The van der Waals surface area contributed by atoms with Crippen molar-refractivity contribution < 1.29 is 4.39 Å². The van der Waals surface area contributed by atoms with Gasteiger partial charge in [-0.3, -0.25) is 4.98 Å². The van der Waals surface area contributed by atoms with Crippen LogP contribution in [0, 0.1) is 10.6 Å². The van der Waals surface area contributed by atoms with Gasteiger partial charge in [-0.15, -0.1) is 0 Å². The van der Waals surface area contributed by atoms with E-state index < -0.39 is 5.82 Å². The maximum Gasteiger partial charge on any atom is 0.178 e. The zero-order valence-electron chi connectivity index (χ0n) is 9.73. The van der Waals surface area contributed by atoms with Gasteiger partial charge in [0.25, 0.3) is 0 Å². The molecule has 0 radical (unpaired) electrons. The van der Waals surface area contributed by atoms with E-state index in [0.717, 1.165) is 5.69 Å². The molecule has 3 rings (SSSR count). The van der Waals surface area contributed by atoms with Gasteiger partial charge in [0.2, 0.25) is 0 Å². The molecule has 96 valence electrons. The van der Waals surface area contributed by atoms with Crippen molar-refractivity contribution in [3.8, 4) is 0 Å². The van der Waals surface area contributed by atoms with E-state index in [2.05, 4.69) is 9.97 Å². The van der Waals surface area contributed by atoms with Crippen molar-refractivity contribution in [2.75, 3.05) is 0 Å². The molecule has 0 aliphatic heterocycles. The minimum Gasteiger partial charge on any atom is -0.331 e. The van der Waals surface area contributed by atoms with Gasteiger partial charge in [0.1, 0.15) is 5.82 Å². The number of halogens is 2. The van der Waals surface area contributed by atoms with Crippen LogP contribution in [-0.2, 0) is 6.54 Å². The predicted molar refractivity (Wildman–Crippen MR) is 75.4 cm³/mol. The second-order valence-corrected chi connectivity index (χ2v) is 4.91. The van der Waals surface area contributed by atoms with E-state index in [1.165, 1.54) is 12.1 Å². The number of aromatic amines is 1. The third-order valence-corrected chi connectivity index (χ3v) is 3.47. The van der Waals surface area contributed by atoms with Crippen molar-refractivity contribution in [2.24, 2.45) is 0 Å². The van der Waals surface area contributed by atoms with Crippen molar-refractivity contribution in [1.82, 2.24) is 14.5 Å². The summed E-state index contributed by atoms with van der Waals surface area (Å²) in [6, 6.07) is 8.56. The number of imidazole rings is 1. The summed E-state index contributed by atoms with van der Waals surface area (Å²) in [5, 5.41) is 0.0775. The van der Waals surface area contributed by atoms with E-state index in [1.807, 2.05) is 18.2 Å². The third kappa shape index (κ3) is 2.27. The maximum atomic E-state index is 13.6. The molecule has 0 aliphatic carbocycles. The Labute approximate surface area is 118 Å². The highest BCUT2D eigenvalue weighted by atomic mass is 35.5. The molecule has 0 bridgehead atoms. The third-order valence-electron chi connectivity index (χ3n) is 2.86. The number of fused-ring (bicyclic) bond motifs is 1. The Hall–Kier alpha value is -1.72. The van der Waals surface area contributed by atoms with Crippen LogP contribution in [0.3, 0.4) is 0 Å². The van der Waals surface area contributed by atoms with Gasteiger partial charge < -0.3 is 9.55 Å². The summed E-state index contributed by atoms with van der Waals surface area (Å²) in [6.07, 6.45) is 1.71. The highest BCUT2D eigenvalue weighted by Crippen LogP contribution is 2.23. The van der Waals surface area contributed by atoms with E-state index in [0.29, 0.717) is 22.3 Å². The zero-order chi connectivity index (χ0) is 13.4. The van der Waals surface area contributed by atoms with Gasteiger partial charge in [0.15, 0.2) is 4.77 Å². The summed E-state index contributed by atoms with van der Waals surface area (Å²) in [6.45, 7) is 0.487. The number of rotatable bonds is 2. The molecule has 1 N–H and O–H groups in total. The Balaban J connectivity index is 2.16. The van der Waals surface area contributed by atoms with E-state index >= 15 is 0 Å². The van der Waals surface area contributed by atoms with Crippen LogP contribution in [0.2, 0.25) is 5.02 Å². The molecule has 0 amide bonds. The van der Waals surface area contributed by atoms with Gasteiger partial charge >= 0.3 is 0 Å². The molecule has 3 aromatic rings. The van der Waals surface area contributed by atoms with Crippen LogP contribution in [0.25, 0.3) is 11.0 Å². The molecule has 0 fully saturated rings. The SMILES string of the molecule is Fc1cc2c(cc1Cl)[nH]c(=S)n2Cc1ccccn1. The zero-order valence-corrected chi connectivity index (χ0v) is 11.3. The van der Waals surface area contributed by atoms with Gasteiger partial charge in [-0.2, -0.15) is 0 Å². The van der Waals surface area contributed by atoms with Crippen molar-refractivity contribution >= 4 is 34.9 Å². The van der Waals surface area contributed by atoms with Crippen molar-refractivity contribution in [3.05, 3.63) is 57.8 Å². The first-order chi connectivity index (χ1) is 9.15. The maximum absolute atomic E-state index is 13.6. The molecule has 0 spiro atoms. The molecule has 2 heterocycles. The molecule has 19 heavy (non-hydrogen) atoms. The number of hydrogen-bond donors (Lipinski definition) is 1. The lowest BCUT2D eigenvalue weighted by Gasteiger charge is -2.04. The average Bonchev–Trinajstić information content (AvgIpc) is 2.68. The van der Waals surface area contributed by atoms with Crippen molar-refractivity contribution in [2.45, 2.75) is 6.54 Å². The van der Waals surface area contributed by atoms with Gasteiger partial charge in [-0.1, -0.05) is 17.7 Å². The lowest BCUT2D eigenvalue weighted by atomic mass is 10.3. The molecule has 2 aromatic heterocycles. The Morgan fingerprint density at radius 3 is 2.95 bits per heavy atom. The first-order valence-electron chi connectivity index (χ1n) is 5.62. The second kappa shape index (κ2) is 4.75. The lowest BCUT2D eigenvalue weighted by molar-refractivity contribution is 0.628. The fraction of sp³-hybridized carbons (Fsp3) is 0.0769. The minimum atomic E-state index is -0.460. The highest BCUT2D eigenvalue weighted by molar-refractivity contribution is 7.71. The number of pyridine rings is 1. The largest absolute Gasteiger partial charge is 0.331 e. The molecule has 0 saturated carbocycles. The molecule has 1 aromatic carbocycles. The molecule has 0 unspecified atom stereocenters. The predicted octanol–water partition coefficient (Wildman–Crippen LogP) is 3.93. The molecular weight excluding hydrogens is 285 g/mol. The van der Waals surface area contributed by atoms with Crippen LogP contribution < -0.4 is 0 Å². The number of hydrogen-bond acceptors (Lipinski definition) is 2. The summed E-state index contributed by atoms with van der Waals surface area (Å²) in [5.41, 5.74) is 2.25. The van der Waals surface area contributed by atoms with Gasteiger partial charge in [-0.05, 0) is 30.4 Å². The van der Waals surface area contributed by atoms with Crippen LogP contribution >= 0.6 is 23.8 Å². The molecule has 0 atom stereocenters.